The van der Waals surface area contributed by atoms with Gasteiger partial charge in [0.15, 0.2) is 0 Å². The smallest absolute Gasteiger partial charge is 0.307 e. The van der Waals surface area contributed by atoms with Crippen molar-refractivity contribution in [1.82, 2.24) is 4.31 Å². The molecular formula is C36H33NO4S2. The van der Waals surface area contributed by atoms with Gasteiger partial charge in [-0.2, -0.15) is 4.31 Å². The third kappa shape index (κ3) is 5.73. The number of carbonyl (C=O) groups is 1. The van der Waals surface area contributed by atoms with Gasteiger partial charge >= 0.3 is 5.97 Å². The van der Waals surface area contributed by atoms with E-state index in [0.29, 0.717) is 6.42 Å². The quantitative estimate of drug-likeness (QED) is 0.130. The maximum absolute atomic E-state index is 14.2. The van der Waals surface area contributed by atoms with Gasteiger partial charge in [-0.25, -0.2) is 8.42 Å². The molecule has 2 atom stereocenters. The van der Waals surface area contributed by atoms with E-state index >= 15 is 0 Å². The first-order valence-electron chi connectivity index (χ1n) is 14.3. The lowest BCUT2D eigenvalue weighted by atomic mass is 9.84. The van der Waals surface area contributed by atoms with Gasteiger partial charge in [0.2, 0.25) is 10.0 Å². The van der Waals surface area contributed by atoms with Crippen molar-refractivity contribution in [3.8, 4) is 0 Å². The molecular weight excluding hydrogens is 575 g/mol. The van der Waals surface area contributed by atoms with E-state index < -0.39 is 26.8 Å². The third-order valence-electron chi connectivity index (χ3n) is 8.17. The maximum Gasteiger partial charge on any atom is 0.307 e. The van der Waals surface area contributed by atoms with Crippen molar-refractivity contribution in [2.24, 2.45) is 0 Å². The molecule has 1 aliphatic heterocycles. The molecule has 1 aliphatic rings. The lowest BCUT2D eigenvalue weighted by Crippen LogP contribution is -2.37. The Morgan fingerprint density at radius 3 is 1.81 bits per heavy atom. The molecule has 6 rings (SSSR count). The number of ether oxygens (including phenoxy) is 1. The zero-order chi connectivity index (χ0) is 29.9. The standard InChI is InChI=1S/C36H33NO4S2/c1-41-35(38)25-32-24-33(26-37(32)43(39,40)34-22-21-27-13-11-12-14-28(27)23-34)42-36(29-15-5-2-6-16-29,30-17-7-3-8-18-30)31-19-9-4-10-20-31/h2-23,32-33H,24-26H2,1H3/t32-,33+/m0/s1. The minimum absolute atomic E-state index is 0.00458. The zero-order valence-corrected chi connectivity index (χ0v) is 25.5. The monoisotopic (exact) mass is 607 g/mol. The largest absolute Gasteiger partial charge is 0.469 e. The van der Waals surface area contributed by atoms with E-state index in [-0.39, 0.29) is 23.1 Å². The summed E-state index contributed by atoms with van der Waals surface area (Å²) in [7, 11) is -2.56. The van der Waals surface area contributed by atoms with Crippen molar-refractivity contribution in [3.63, 3.8) is 0 Å². The number of methoxy groups -OCH3 is 1. The molecule has 218 valence electrons. The van der Waals surface area contributed by atoms with Crippen LogP contribution in [0.4, 0.5) is 0 Å². The molecule has 0 unspecified atom stereocenters. The van der Waals surface area contributed by atoms with Crippen LogP contribution >= 0.6 is 11.8 Å². The summed E-state index contributed by atoms with van der Waals surface area (Å²) < 4.78 is 34.4. The van der Waals surface area contributed by atoms with Crippen LogP contribution in [0.1, 0.15) is 29.5 Å². The number of carbonyl (C=O) groups excluding carboxylic acids is 1. The second-order valence-corrected chi connectivity index (χ2v) is 14.2. The number of hydrogen-bond acceptors (Lipinski definition) is 5. The Kier molecular flexibility index (Phi) is 8.39. The van der Waals surface area contributed by atoms with Crippen LogP contribution in [0.2, 0.25) is 0 Å². The number of esters is 1. The van der Waals surface area contributed by atoms with Crippen molar-refractivity contribution in [2.45, 2.75) is 33.8 Å². The van der Waals surface area contributed by atoms with Crippen molar-refractivity contribution < 1.29 is 17.9 Å². The molecule has 1 fully saturated rings. The summed E-state index contributed by atoms with van der Waals surface area (Å²) in [4.78, 5) is 12.8. The molecule has 5 aromatic rings. The first kappa shape index (κ1) is 29.2. The second kappa shape index (κ2) is 12.4. The van der Waals surface area contributed by atoms with Crippen molar-refractivity contribution >= 4 is 38.5 Å². The normalized spacial score (nSPS) is 17.6. The Bertz CT molecular complexity index is 1720. The zero-order valence-electron chi connectivity index (χ0n) is 23.9. The Labute approximate surface area is 257 Å². The van der Waals surface area contributed by atoms with Crippen molar-refractivity contribution in [1.29, 1.82) is 0 Å². The van der Waals surface area contributed by atoms with E-state index in [1.54, 1.807) is 23.9 Å². The molecule has 1 heterocycles. The van der Waals surface area contributed by atoms with Crippen LogP contribution in [0.5, 0.6) is 0 Å². The van der Waals surface area contributed by atoms with Gasteiger partial charge < -0.3 is 4.74 Å². The summed E-state index contributed by atoms with van der Waals surface area (Å²) in [6.45, 7) is 0.274. The number of fused-ring (bicyclic) bond motifs is 1. The van der Waals surface area contributed by atoms with Crippen LogP contribution in [0.25, 0.3) is 10.8 Å². The molecule has 0 bridgehead atoms. The van der Waals surface area contributed by atoms with Crippen LogP contribution < -0.4 is 0 Å². The fourth-order valence-electron chi connectivity index (χ4n) is 6.12. The number of hydrogen-bond donors (Lipinski definition) is 0. The van der Waals surface area contributed by atoms with Gasteiger partial charge in [-0.1, -0.05) is 121 Å². The highest BCUT2D eigenvalue weighted by Gasteiger charge is 2.46. The van der Waals surface area contributed by atoms with Gasteiger partial charge in [-0.3, -0.25) is 4.79 Å². The number of rotatable bonds is 9. The van der Waals surface area contributed by atoms with Crippen LogP contribution in [0.3, 0.4) is 0 Å². The summed E-state index contributed by atoms with van der Waals surface area (Å²) in [5.74, 6) is -0.421. The minimum Gasteiger partial charge on any atom is -0.469 e. The SMILES string of the molecule is COC(=O)C[C@@H]1C[C@@H](SC(c2ccccc2)(c2ccccc2)c2ccccc2)CN1S(=O)(=O)c1ccc2ccccc2c1. The van der Waals surface area contributed by atoms with Gasteiger partial charge in [0.1, 0.15) is 0 Å². The van der Waals surface area contributed by atoms with Gasteiger partial charge in [0.25, 0.3) is 0 Å². The molecule has 7 heteroatoms. The highest BCUT2D eigenvalue weighted by Crippen LogP contribution is 2.52. The fourth-order valence-corrected chi connectivity index (χ4v) is 9.80. The summed E-state index contributed by atoms with van der Waals surface area (Å²) in [5.41, 5.74) is 3.33. The van der Waals surface area contributed by atoms with Crippen LogP contribution in [0.15, 0.2) is 138 Å². The number of sulfonamides is 1. The topological polar surface area (TPSA) is 63.7 Å². The Balaban J connectivity index is 1.43. The highest BCUT2D eigenvalue weighted by molar-refractivity contribution is 8.01. The van der Waals surface area contributed by atoms with E-state index in [0.717, 1.165) is 27.5 Å². The number of benzene rings is 5. The predicted molar refractivity (Wildman–Crippen MR) is 173 cm³/mol. The molecule has 0 amide bonds. The Morgan fingerprint density at radius 2 is 1.28 bits per heavy atom. The molecule has 0 spiro atoms. The van der Waals surface area contributed by atoms with Crippen molar-refractivity contribution in [3.05, 3.63) is 150 Å². The minimum atomic E-state index is -3.90. The van der Waals surface area contributed by atoms with Gasteiger partial charge in [0, 0.05) is 17.8 Å². The van der Waals surface area contributed by atoms with Gasteiger partial charge in [-0.05, 0) is 46.0 Å². The lowest BCUT2D eigenvalue weighted by molar-refractivity contribution is -0.141. The van der Waals surface area contributed by atoms with Gasteiger partial charge in [-0.15, -0.1) is 11.8 Å². The molecule has 0 aromatic heterocycles. The first-order valence-corrected chi connectivity index (χ1v) is 16.7. The molecule has 5 nitrogen and oxygen atoms in total. The van der Waals surface area contributed by atoms with E-state index in [9.17, 15) is 13.2 Å². The molecule has 1 saturated heterocycles. The molecule has 0 saturated carbocycles. The number of nitrogens with zero attached hydrogens (tertiary/aromatic N) is 1. The van der Waals surface area contributed by atoms with Crippen LogP contribution in [0, 0.1) is 0 Å². The van der Waals surface area contributed by atoms with E-state index in [1.165, 1.54) is 11.4 Å². The van der Waals surface area contributed by atoms with Crippen molar-refractivity contribution in [2.75, 3.05) is 13.7 Å². The molecule has 0 aliphatic carbocycles. The van der Waals surface area contributed by atoms with E-state index in [4.69, 9.17) is 4.74 Å². The number of thioether (sulfide) groups is 1. The van der Waals surface area contributed by atoms with E-state index in [1.807, 2.05) is 84.9 Å². The summed E-state index contributed by atoms with van der Waals surface area (Å²) in [5, 5.41) is 1.72. The summed E-state index contributed by atoms with van der Waals surface area (Å²) in [6, 6.07) is 43.5. The summed E-state index contributed by atoms with van der Waals surface area (Å²) >= 11 is 1.76. The summed E-state index contributed by atoms with van der Waals surface area (Å²) in [6.07, 6.45) is 0.510. The Morgan fingerprint density at radius 1 is 0.767 bits per heavy atom. The molecule has 0 N–H and O–H groups in total. The second-order valence-electron chi connectivity index (χ2n) is 10.8. The Hall–Kier alpha value is -3.91. The fraction of sp³-hybridized carbons (Fsp3) is 0.194. The lowest BCUT2D eigenvalue weighted by Gasteiger charge is -2.37. The predicted octanol–water partition coefficient (Wildman–Crippen LogP) is 7.26. The molecule has 43 heavy (non-hydrogen) atoms. The molecule has 5 aromatic carbocycles. The highest BCUT2D eigenvalue weighted by atomic mass is 32.2. The van der Waals surface area contributed by atoms with E-state index in [2.05, 4.69) is 36.4 Å². The third-order valence-corrected chi connectivity index (χ3v) is 11.8. The van der Waals surface area contributed by atoms with Crippen LogP contribution in [-0.2, 0) is 24.3 Å². The average Bonchev–Trinajstić information content (AvgIpc) is 3.47. The molecule has 0 radical (unpaired) electrons. The first-order chi connectivity index (χ1) is 20.9. The maximum atomic E-state index is 14.2. The van der Waals surface area contributed by atoms with Crippen LogP contribution in [-0.4, -0.2) is 43.6 Å². The average molecular weight is 608 g/mol. The van der Waals surface area contributed by atoms with Gasteiger partial charge in [0.05, 0.1) is 23.2 Å².